The van der Waals surface area contributed by atoms with Crippen LogP contribution in [0.15, 0.2) is 18.2 Å². The van der Waals surface area contributed by atoms with E-state index < -0.39 is 0 Å². The highest BCUT2D eigenvalue weighted by molar-refractivity contribution is 5.99. The van der Waals surface area contributed by atoms with Crippen LogP contribution in [0.1, 0.15) is 50.4 Å². The van der Waals surface area contributed by atoms with Crippen molar-refractivity contribution >= 4 is 23.4 Å². The fraction of sp³-hybridized carbons (Fsp3) is 0.625. The predicted molar refractivity (Wildman–Crippen MR) is 122 cm³/mol. The molecule has 0 radical (unpaired) electrons. The fourth-order valence-corrected chi connectivity index (χ4v) is 4.25. The lowest BCUT2D eigenvalue weighted by molar-refractivity contribution is -0.142. The maximum Gasteiger partial charge on any atom is 0.257 e. The van der Waals surface area contributed by atoms with Gasteiger partial charge in [-0.3, -0.25) is 14.4 Å². The van der Waals surface area contributed by atoms with Crippen molar-refractivity contribution in [2.75, 3.05) is 39.2 Å². The van der Waals surface area contributed by atoms with E-state index in [4.69, 9.17) is 9.47 Å². The zero-order valence-corrected chi connectivity index (χ0v) is 19.7. The molecule has 176 valence electrons. The van der Waals surface area contributed by atoms with Crippen molar-refractivity contribution in [3.63, 3.8) is 0 Å². The van der Waals surface area contributed by atoms with Crippen molar-refractivity contribution < 1.29 is 23.9 Å². The first kappa shape index (κ1) is 24.0. The number of methoxy groups -OCH3 is 1. The zero-order chi connectivity index (χ0) is 23.4. The number of likely N-dealkylation sites (N-methyl/N-ethyl adjacent to an activating group) is 1. The molecular formula is C24H35N3O5. The zero-order valence-electron chi connectivity index (χ0n) is 19.7. The van der Waals surface area contributed by atoms with Gasteiger partial charge in [0.25, 0.3) is 5.91 Å². The number of nitrogens with one attached hydrogen (secondary N) is 1. The highest BCUT2D eigenvalue weighted by atomic mass is 16.5. The summed E-state index contributed by atoms with van der Waals surface area (Å²) in [6, 6.07) is 4.88. The molecule has 1 aliphatic heterocycles. The average molecular weight is 446 g/mol. The van der Waals surface area contributed by atoms with Crippen LogP contribution in [0, 0.1) is 11.8 Å². The van der Waals surface area contributed by atoms with Gasteiger partial charge in [-0.2, -0.15) is 0 Å². The number of amides is 3. The van der Waals surface area contributed by atoms with Crippen molar-refractivity contribution in [2.45, 2.75) is 52.2 Å². The molecule has 3 atom stereocenters. The van der Waals surface area contributed by atoms with Crippen LogP contribution in [-0.2, 0) is 14.3 Å². The molecule has 1 aliphatic carbocycles. The Balaban J connectivity index is 1.95. The molecule has 0 saturated heterocycles. The lowest BCUT2D eigenvalue weighted by Gasteiger charge is -2.39. The average Bonchev–Trinajstić information content (AvgIpc) is 2.71. The Bertz CT molecular complexity index is 854. The van der Waals surface area contributed by atoms with Crippen LogP contribution in [0.2, 0.25) is 0 Å². The van der Waals surface area contributed by atoms with Crippen molar-refractivity contribution in [1.29, 1.82) is 0 Å². The summed E-state index contributed by atoms with van der Waals surface area (Å²) in [7, 11) is 3.36. The minimum atomic E-state index is -0.227. The molecule has 0 unspecified atom stereocenters. The van der Waals surface area contributed by atoms with Crippen LogP contribution in [0.3, 0.4) is 0 Å². The quantitative estimate of drug-likeness (QED) is 0.773. The van der Waals surface area contributed by atoms with E-state index >= 15 is 0 Å². The third-order valence-electron chi connectivity index (χ3n) is 6.50. The van der Waals surface area contributed by atoms with Crippen LogP contribution < -0.4 is 10.1 Å². The molecule has 1 saturated carbocycles. The van der Waals surface area contributed by atoms with Crippen LogP contribution in [-0.4, -0.2) is 73.5 Å². The molecule has 1 N–H and O–H groups in total. The second-order valence-corrected chi connectivity index (χ2v) is 9.11. The van der Waals surface area contributed by atoms with E-state index in [1.165, 1.54) is 6.92 Å². The Morgan fingerprint density at radius 3 is 2.50 bits per heavy atom. The third kappa shape index (κ3) is 5.41. The standard InChI is InChI=1S/C24H35N3O5/c1-15-12-27(23(29)18-7-6-8-18)16(2)14-32-21-10-9-19(25-17(3)28)11-20(21)24(30)26(4)13-22(15)31-5/h9-11,15-16,18,22H,6-8,12-14H2,1-5H3,(H,25,28)/t15-,16-,22+/m0/s1. The minimum absolute atomic E-state index is 0.0336. The van der Waals surface area contributed by atoms with Gasteiger partial charge in [0.2, 0.25) is 11.8 Å². The van der Waals surface area contributed by atoms with Gasteiger partial charge < -0.3 is 24.6 Å². The summed E-state index contributed by atoms with van der Waals surface area (Å²) in [6.07, 6.45) is 2.76. The first-order chi connectivity index (χ1) is 15.2. The van der Waals surface area contributed by atoms with Gasteiger partial charge in [-0.25, -0.2) is 0 Å². The summed E-state index contributed by atoms with van der Waals surface area (Å²) >= 11 is 0. The van der Waals surface area contributed by atoms with Crippen molar-refractivity contribution in [3.8, 4) is 5.75 Å². The summed E-state index contributed by atoms with van der Waals surface area (Å²) in [6.45, 7) is 6.65. The number of nitrogens with zero attached hydrogens (tertiary/aromatic N) is 2. The summed E-state index contributed by atoms with van der Waals surface area (Å²) in [5.74, 6) is 0.309. The van der Waals surface area contributed by atoms with Crippen molar-refractivity contribution in [1.82, 2.24) is 9.80 Å². The first-order valence-corrected chi connectivity index (χ1v) is 11.3. The second kappa shape index (κ2) is 10.3. The van der Waals surface area contributed by atoms with Crippen LogP contribution in [0.4, 0.5) is 5.69 Å². The van der Waals surface area contributed by atoms with Crippen molar-refractivity contribution in [3.05, 3.63) is 23.8 Å². The number of anilines is 1. The van der Waals surface area contributed by atoms with Gasteiger partial charge in [0.15, 0.2) is 0 Å². The van der Waals surface area contributed by atoms with Gasteiger partial charge in [0.05, 0.1) is 17.7 Å². The minimum Gasteiger partial charge on any atom is -0.491 e. The van der Waals surface area contributed by atoms with E-state index in [0.29, 0.717) is 30.1 Å². The number of benzene rings is 1. The Labute approximate surface area is 190 Å². The van der Waals surface area contributed by atoms with Crippen LogP contribution in [0.25, 0.3) is 0 Å². The number of carbonyl (C=O) groups excluding carboxylic acids is 3. The number of ether oxygens (including phenoxy) is 2. The molecule has 1 fully saturated rings. The maximum absolute atomic E-state index is 13.3. The SMILES string of the molecule is CO[C@@H]1CN(C)C(=O)c2cc(NC(C)=O)ccc2OC[C@H](C)N(C(=O)C2CCC2)C[C@@H]1C. The first-order valence-electron chi connectivity index (χ1n) is 11.3. The predicted octanol–water partition coefficient (Wildman–Crippen LogP) is 2.78. The maximum atomic E-state index is 13.3. The fourth-order valence-electron chi connectivity index (χ4n) is 4.25. The van der Waals surface area contributed by atoms with E-state index in [1.54, 1.807) is 37.3 Å². The van der Waals surface area contributed by atoms with Gasteiger partial charge in [-0.05, 0) is 38.0 Å². The molecule has 0 bridgehead atoms. The molecule has 1 aromatic carbocycles. The molecule has 8 nitrogen and oxygen atoms in total. The van der Waals surface area contributed by atoms with Gasteiger partial charge >= 0.3 is 0 Å². The highest BCUT2D eigenvalue weighted by Crippen LogP contribution is 2.31. The molecule has 3 rings (SSSR count). The van der Waals surface area contributed by atoms with Gasteiger partial charge in [-0.1, -0.05) is 13.3 Å². The third-order valence-corrected chi connectivity index (χ3v) is 6.50. The molecule has 0 aromatic heterocycles. The number of carbonyl (C=O) groups is 3. The van der Waals surface area contributed by atoms with Crippen LogP contribution >= 0.6 is 0 Å². The Hall–Kier alpha value is -2.61. The molecular weight excluding hydrogens is 410 g/mol. The largest absolute Gasteiger partial charge is 0.491 e. The smallest absolute Gasteiger partial charge is 0.257 e. The Morgan fingerprint density at radius 1 is 1.19 bits per heavy atom. The van der Waals surface area contributed by atoms with Crippen LogP contribution in [0.5, 0.6) is 5.75 Å². The molecule has 1 heterocycles. The van der Waals surface area contributed by atoms with Gasteiger partial charge in [0, 0.05) is 51.7 Å². The normalized spacial score (nSPS) is 25.0. The Kier molecular flexibility index (Phi) is 7.77. The molecule has 0 spiro atoms. The number of hydrogen-bond acceptors (Lipinski definition) is 5. The van der Waals surface area contributed by atoms with Gasteiger partial charge in [0.1, 0.15) is 12.4 Å². The van der Waals surface area contributed by atoms with E-state index in [9.17, 15) is 14.4 Å². The summed E-state index contributed by atoms with van der Waals surface area (Å²) < 4.78 is 11.8. The summed E-state index contributed by atoms with van der Waals surface area (Å²) in [5.41, 5.74) is 0.895. The van der Waals surface area contributed by atoms with E-state index in [0.717, 1.165) is 19.3 Å². The molecule has 2 aliphatic rings. The van der Waals surface area contributed by atoms with E-state index in [1.807, 2.05) is 11.8 Å². The number of rotatable bonds is 3. The lowest BCUT2D eigenvalue weighted by Crippen LogP contribution is -2.51. The molecule has 1 aromatic rings. The Morgan fingerprint density at radius 2 is 1.91 bits per heavy atom. The number of hydrogen-bond donors (Lipinski definition) is 1. The van der Waals surface area contributed by atoms with Gasteiger partial charge in [-0.15, -0.1) is 0 Å². The number of fused-ring (bicyclic) bond motifs is 1. The van der Waals surface area contributed by atoms with E-state index in [2.05, 4.69) is 12.2 Å². The molecule has 32 heavy (non-hydrogen) atoms. The second-order valence-electron chi connectivity index (χ2n) is 9.11. The summed E-state index contributed by atoms with van der Waals surface area (Å²) in [5, 5.41) is 2.72. The monoisotopic (exact) mass is 445 g/mol. The molecule has 3 amide bonds. The summed E-state index contributed by atoms with van der Waals surface area (Å²) in [4.78, 5) is 41.5. The van der Waals surface area contributed by atoms with E-state index in [-0.39, 0.29) is 48.3 Å². The van der Waals surface area contributed by atoms with Crippen molar-refractivity contribution in [2.24, 2.45) is 11.8 Å². The lowest BCUT2D eigenvalue weighted by atomic mass is 9.83. The topological polar surface area (TPSA) is 88.2 Å². The highest BCUT2D eigenvalue weighted by Gasteiger charge is 2.35. The molecule has 8 heteroatoms.